The average Bonchev–Trinajstić information content (AvgIpc) is 3.42. The number of aromatic nitrogens is 3. The topological polar surface area (TPSA) is 80.5 Å². The molecule has 4 heterocycles. The Morgan fingerprint density at radius 1 is 1.19 bits per heavy atom. The van der Waals surface area contributed by atoms with Gasteiger partial charge in [-0.3, -0.25) is 14.6 Å². The Morgan fingerprint density at radius 2 is 2.03 bits per heavy atom. The van der Waals surface area contributed by atoms with Crippen LogP contribution in [0.1, 0.15) is 55.4 Å². The number of hydrogen-bond donors (Lipinski definition) is 0. The SMILES string of the molecule is C[C@@H]1C(=O)N(C)Cc2c(-c3cccc4cc(C5=NSC(=O)C5)ncc34)nc(C3CC3)n21. The van der Waals surface area contributed by atoms with E-state index in [9.17, 15) is 9.59 Å². The molecule has 1 atom stereocenters. The van der Waals surface area contributed by atoms with Gasteiger partial charge in [-0.05, 0) is 31.2 Å². The van der Waals surface area contributed by atoms with Crippen LogP contribution in [0, 0.1) is 0 Å². The van der Waals surface area contributed by atoms with Gasteiger partial charge in [-0.1, -0.05) is 18.2 Å². The van der Waals surface area contributed by atoms with Crippen LogP contribution in [-0.4, -0.2) is 43.2 Å². The van der Waals surface area contributed by atoms with Crippen LogP contribution in [0.25, 0.3) is 22.0 Å². The summed E-state index contributed by atoms with van der Waals surface area (Å²) in [6.45, 7) is 2.52. The number of pyridine rings is 1. The van der Waals surface area contributed by atoms with E-state index in [4.69, 9.17) is 4.98 Å². The Morgan fingerprint density at radius 3 is 2.77 bits per heavy atom. The molecule has 0 bridgehead atoms. The van der Waals surface area contributed by atoms with Crippen molar-refractivity contribution in [2.75, 3.05) is 7.05 Å². The number of fused-ring (bicyclic) bond motifs is 2. The van der Waals surface area contributed by atoms with Crippen LogP contribution < -0.4 is 0 Å². The summed E-state index contributed by atoms with van der Waals surface area (Å²) in [5, 5.41) is 2.10. The minimum atomic E-state index is -0.235. The highest BCUT2D eigenvalue weighted by Crippen LogP contribution is 2.45. The van der Waals surface area contributed by atoms with Crippen molar-refractivity contribution < 1.29 is 9.59 Å². The number of carbonyl (C=O) groups is 2. The lowest BCUT2D eigenvalue weighted by molar-refractivity contribution is -0.135. The summed E-state index contributed by atoms with van der Waals surface area (Å²) in [4.78, 5) is 35.7. The second-order valence-corrected chi connectivity index (χ2v) is 9.37. The number of carbonyl (C=O) groups excluding carboxylic acids is 2. The maximum Gasteiger partial charge on any atom is 0.245 e. The fourth-order valence-electron chi connectivity index (χ4n) is 4.63. The molecule has 0 spiro atoms. The van der Waals surface area contributed by atoms with Crippen molar-refractivity contribution in [3.05, 3.63) is 47.7 Å². The molecule has 0 N–H and O–H groups in total. The van der Waals surface area contributed by atoms with E-state index in [1.165, 1.54) is 0 Å². The van der Waals surface area contributed by atoms with Gasteiger partial charge >= 0.3 is 0 Å². The first kappa shape index (κ1) is 18.7. The molecule has 3 aromatic rings. The van der Waals surface area contributed by atoms with E-state index in [2.05, 4.69) is 26.1 Å². The minimum Gasteiger partial charge on any atom is -0.338 e. The molecular weight excluding hydrogens is 410 g/mol. The van der Waals surface area contributed by atoms with Gasteiger partial charge in [0.25, 0.3) is 0 Å². The quantitative estimate of drug-likeness (QED) is 0.588. The number of rotatable bonds is 3. The Labute approximate surface area is 183 Å². The van der Waals surface area contributed by atoms with Crippen LogP contribution in [0.2, 0.25) is 0 Å². The molecule has 1 saturated carbocycles. The third kappa shape index (κ3) is 2.92. The van der Waals surface area contributed by atoms with E-state index < -0.39 is 0 Å². The highest BCUT2D eigenvalue weighted by atomic mass is 32.2. The normalized spacial score (nSPS) is 21.0. The molecule has 3 aliphatic rings. The van der Waals surface area contributed by atoms with Crippen molar-refractivity contribution in [3.63, 3.8) is 0 Å². The first-order chi connectivity index (χ1) is 15.0. The van der Waals surface area contributed by atoms with Gasteiger partial charge in [-0.25, -0.2) is 9.38 Å². The smallest absolute Gasteiger partial charge is 0.245 e. The lowest BCUT2D eigenvalue weighted by Gasteiger charge is -2.31. The van der Waals surface area contributed by atoms with Gasteiger partial charge in [0.15, 0.2) is 0 Å². The Bertz CT molecular complexity index is 1310. The Kier molecular flexibility index (Phi) is 4.08. The van der Waals surface area contributed by atoms with E-state index in [0.29, 0.717) is 18.9 Å². The highest BCUT2D eigenvalue weighted by molar-refractivity contribution is 8.13. The maximum absolute atomic E-state index is 12.7. The summed E-state index contributed by atoms with van der Waals surface area (Å²) in [7, 11) is 1.86. The summed E-state index contributed by atoms with van der Waals surface area (Å²) in [6, 6.07) is 7.93. The number of benzene rings is 1. The zero-order valence-corrected chi connectivity index (χ0v) is 18.1. The second-order valence-electron chi connectivity index (χ2n) is 8.55. The molecule has 1 amide bonds. The van der Waals surface area contributed by atoms with Gasteiger partial charge in [-0.15, -0.1) is 0 Å². The van der Waals surface area contributed by atoms with Crippen LogP contribution in [0.4, 0.5) is 0 Å². The molecule has 31 heavy (non-hydrogen) atoms. The van der Waals surface area contributed by atoms with Crippen molar-refractivity contribution in [1.29, 1.82) is 0 Å². The van der Waals surface area contributed by atoms with Crippen molar-refractivity contribution in [3.8, 4) is 11.3 Å². The summed E-state index contributed by atoms with van der Waals surface area (Å²) in [5.41, 5.74) is 4.53. The first-order valence-corrected chi connectivity index (χ1v) is 11.3. The lowest BCUT2D eigenvalue weighted by Crippen LogP contribution is -2.39. The molecular formula is C23H21N5O2S. The summed E-state index contributed by atoms with van der Waals surface area (Å²) >= 11 is 0.997. The lowest BCUT2D eigenvalue weighted by atomic mass is 10.0. The molecule has 2 aromatic heterocycles. The van der Waals surface area contributed by atoms with Crippen LogP contribution in [0.15, 0.2) is 34.9 Å². The second kappa shape index (κ2) is 6.75. The number of imidazole rings is 1. The molecule has 0 radical (unpaired) electrons. The van der Waals surface area contributed by atoms with E-state index in [-0.39, 0.29) is 17.1 Å². The number of likely N-dealkylation sites (N-methyl/N-ethyl adjacent to an activating group) is 1. The fourth-order valence-corrected chi connectivity index (χ4v) is 5.20. The molecule has 0 unspecified atom stereocenters. The van der Waals surface area contributed by atoms with Gasteiger partial charge < -0.3 is 9.47 Å². The zero-order chi connectivity index (χ0) is 21.3. The number of hydrogen-bond acceptors (Lipinski definition) is 6. The predicted octanol–water partition coefficient (Wildman–Crippen LogP) is 3.88. The van der Waals surface area contributed by atoms with Crippen LogP contribution in [0.5, 0.6) is 0 Å². The van der Waals surface area contributed by atoms with Crippen molar-refractivity contribution in [2.24, 2.45) is 4.40 Å². The fraction of sp³-hybridized carbons (Fsp3) is 0.348. The molecule has 0 saturated heterocycles. The van der Waals surface area contributed by atoms with Gasteiger partial charge in [0, 0.05) is 30.1 Å². The largest absolute Gasteiger partial charge is 0.338 e. The molecule has 156 valence electrons. The van der Waals surface area contributed by atoms with Crippen molar-refractivity contribution in [2.45, 2.75) is 44.7 Å². The standard InChI is InChI=1S/C23H21N5O2S/c1-12-23(30)27(2)11-19-21(25-22(28(12)19)13-6-7-13)15-5-3-4-14-8-17(24-10-16(14)15)18-9-20(29)31-26-18/h3-5,8,10,12-13H,6-7,9,11H2,1-2H3/t12-/m1/s1. The molecule has 1 aliphatic carbocycles. The van der Waals surface area contributed by atoms with Gasteiger partial charge in [0.2, 0.25) is 11.0 Å². The molecule has 1 aromatic carbocycles. The maximum atomic E-state index is 12.7. The molecule has 6 rings (SSSR count). The third-order valence-corrected chi connectivity index (χ3v) is 7.03. The number of amides is 1. The summed E-state index contributed by atoms with van der Waals surface area (Å²) < 4.78 is 6.43. The van der Waals surface area contributed by atoms with Gasteiger partial charge in [0.05, 0.1) is 47.7 Å². The molecule has 8 heteroatoms. The van der Waals surface area contributed by atoms with E-state index in [0.717, 1.165) is 69.7 Å². The minimum absolute atomic E-state index is 0.0516. The van der Waals surface area contributed by atoms with Crippen molar-refractivity contribution >= 4 is 39.5 Å². The average molecular weight is 432 g/mol. The first-order valence-electron chi connectivity index (χ1n) is 10.5. The monoisotopic (exact) mass is 431 g/mol. The van der Waals surface area contributed by atoms with E-state index in [1.54, 1.807) is 4.90 Å². The molecule has 7 nitrogen and oxygen atoms in total. The highest BCUT2D eigenvalue weighted by Gasteiger charge is 2.38. The predicted molar refractivity (Wildman–Crippen MR) is 120 cm³/mol. The van der Waals surface area contributed by atoms with Crippen LogP contribution in [-0.2, 0) is 16.1 Å². The van der Waals surface area contributed by atoms with Gasteiger partial charge in [-0.2, -0.15) is 0 Å². The van der Waals surface area contributed by atoms with E-state index in [1.807, 2.05) is 32.3 Å². The third-order valence-electron chi connectivity index (χ3n) is 6.37. The summed E-state index contributed by atoms with van der Waals surface area (Å²) in [5.74, 6) is 1.62. The van der Waals surface area contributed by atoms with Crippen molar-refractivity contribution in [1.82, 2.24) is 19.4 Å². The van der Waals surface area contributed by atoms with E-state index >= 15 is 0 Å². The zero-order valence-electron chi connectivity index (χ0n) is 17.3. The molecule has 2 aliphatic heterocycles. The summed E-state index contributed by atoms with van der Waals surface area (Å²) in [6.07, 6.45) is 4.44. The molecule has 1 fully saturated rings. The van der Waals surface area contributed by atoms with Crippen LogP contribution >= 0.6 is 11.9 Å². The Balaban J connectivity index is 1.51. The number of nitrogens with zero attached hydrogens (tertiary/aromatic N) is 5. The van der Waals surface area contributed by atoms with Crippen LogP contribution in [0.3, 0.4) is 0 Å². The van der Waals surface area contributed by atoms with Gasteiger partial charge in [0.1, 0.15) is 11.9 Å². The Hall–Kier alpha value is -3.00.